The van der Waals surface area contributed by atoms with Crippen LogP contribution in [-0.2, 0) is 83.6 Å². The van der Waals surface area contributed by atoms with Crippen molar-refractivity contribution in [2.45, 2.75) is 86.7 Å². The largest absolute Gasteiger partial charge is 3.00 e. The fourth-order valence-electron chi connectivity index (χ4n) is 1.20. The average Bonchev–Trinajstić information content (AvgIpc) is 2.32. The zero-order valence-corrected chi connectivity index (χ0v) is 27.6. The summed E-state index contributed by atoms with van der Waals surface area (Å²) in [5.41, 5.74) is -4.78. The van der Waals surface area contributed by atoms with Crippen molar-refractivity contribution >= 4 is 113 Å². The first kappa shape index (κ1) is 39.0. The van der Waals surface area contributed by atoms with Crippen molar-refractivity contribution in [3.8, 4) is 0 Å². The van der Waals surface area contributed by atoms with E-state index in [9.17, 15) is 0 Å². The summed E-state index contributed by atoms with van der Waals surface area (Å²) in [5.74, 6) is 0. The molecular weight excluding hydrogens is 636 g/mol. The van der Waals surface area contributed by atoms with Gasteiger partial charge >= 0.3 is 24.4 Å². The quantitative estimate of drug-likeness (QED) is 0.132. The van der Waals surface area contributed by atoms with Crippen molar-refractivity contribution in [1.29, 1.82) is 0 Å². The van der Waals surface area contributed by atoms with Gasteiger partial charge in [-0.25, -0.2) is 0 Å². The maximum atomic E-state index is 5.27. The molecule has 0 aliphatic heterocycles. The minimum atomic E-state index is -2.39. The monoisotopic (exact) mass is 668 g/mol. The Bertz CT molecular complexity index is 446. The van der Waals surface area contributed by atoms with E-state index in [4.69, 9.17) is 66.2 Å². The van der Waals surface area contributed by atoms with Gasteiger partial charge in [-0.05, 0) is 62.3 Å². The summed E-state index contributed by atoms with van der Waals surface area (Å²) < 4.78 is 25.9. The Morgan fingerprint density at radius 3 is 1.00 bits per heavy atom. The Kier molecular flexibility index (Phi) is 28.7. The van der Waals surface area contributed by atoms with Crippen LogP contribution in [0.5, 0.6) is 0 Å². The minimum absolute atomic E-state index is 0. The first-order chi connectivity index (χ1) is 12.4. The van der Waals surface area contributed by atoms with Gasteiger partial charge in [0.2, 0.25) is 0 Å². The van der Waals surface area contributed by atoms with Crippen molar-refractivity contribution in [2.24, 2.45) is 0 Å². The van der Waals surface area contributed by atoms with E-state index >= 15 is 0 Å². The Hall–Kier alpha value is 2.77. The summed E-state index contributed by atoms with van der Waals surface area (Å²) in [6, 6.07) is 0. The van der Waals surface area contributed by atoms with Crippen LogP contribution in [-0.4, -0.2) is 59.8 Å². The molecule has 0 saturated carbocycles. The van der Waals surface area contributed by atoms with Gasteiger partial charge in [-0.15, -0.1) is 0 Å². The first-order valence-corrected chi connectivity index (χ1v) is 16.7. The molecule has 0 saturated heterocycles. The average molecular weight is 670 g/mol. The zero-order chi connectivity index (χ0) is 23.1. The smallest absolute Gasteiger partial charge is 0.691 e. The molecule has 0 aliphatic rings. The topological polar surface area (TPSA) is 46.2 Å². The maximum Gasteiger partial charge on any atom is 3.00 e. The molecular formula is C15H33O5P2S6Sb. The van der Waals surface area contributed by atoms with E-state index in [0.717, 1.165) is 0 Å². The molecule has 0 amide bonds. The SMILES string of the molecule is CC(C)OP(=S)([S-])OC(C)C.CC(C)OP(=S)([S-])OC(C)C.CCOC(=S)[S-].[Sb+3]. The van der Waals surface area contributed by atoms with Crippen LogP contribution in [0.1, 0.15) is 62.3 Å². The molecule has 0 aliphatic carbocycles. The maximum absolute atomic E-state index is 5.27. The van der Waals surface area contributed by atoms with E-state index in [2.05, 4.69) is 29.6 Å². The second-order valence-electron chi connectivity index (χ2n) is 6.19. The number of ether oxygens (including phenoxy) is 1. The van der Waals surface area contributed by atoms with Crippen molar-refractivity contribution in [3.05, 3.63) is 0 Å². The standard InChI is InChI=1S/2C6H15O2PS2.C3H6OS2.Sb/c2*1-5(2)7-9(10,11)8-6(3)4;1-2-4-3(5)6;/h2*5-6H,1-4H3,(H,10,11);2H2,1H3,(H,5,6);/q;;;+3/p-3. The molecule has 0 aromatic heterocycles. The van der Waals surface area contributed by atoms with Crippen molar-refractivity contribution in [1.82, 2.24) is 0 Å². The van der Waals surface area contributed by atoms with Gasteiger partial charge in [-0.2, -0.15) is 0 Å². The number of thiocarbonyl (C=S) groups is 1. The summed E-state index contributed by atoms with van der Waals surface area (Å²) in [6.07, 6.45) is 0.211. The molecule has 0 heterocycles. The van der Waals surface area contributed by atoms with Gasteiger partial charge in [0.05, 0.1) is 42.4 Å². The molecule has 0 atom stereocenters. The third kappa shape index (κ3) is 38.3. The molecule has 29 heavy (non-hydrogen) atoms. The number of hydrogen-bond donors (Lipinski definition) is 0. The summed E-state index contributed by atoms with van der Waals surface area (Å²) in [7, 11) is 0. The second kappa shape index (κ2) is 21.3. The second-order valence-corrected chi connectivity index (χ2v) is 17.0. The molecule has 14 heteroatoms. The summed E-state index contributed by atoms with van der Waals surface area (Å²) in [5, 5.41) is 0. The van der Waals surface area contributed by atoms with Gasteiger partial charge in [0.15, 0.2) is 0 Å². The third-order valence-electron chi connectivity index (χ3n) is 1.62. The predicted molar refractivity (Wildman–Crippen MR) is 146 cm³/mol. The Balaban J connectivity index is -0.000000166. The third-order valence-corrected chi connectivity index (χ3v) is 6.64. The molecule has 0 fully saturated rings. The van der Waals surface area contributed by atoms with Gasteiger partial charge in [-0.1, -0.05) is 23.6 Å². The molecule has 0 aromatic rings. The number of rotatable bonds is 9. The predicted octanol–water partition coefficient (Wildman–Crippen LogP) is 5.69. The molecule has 0 rings (SSSR count). The van der Waals surface area contributed by atoms with Gasteiger partial charge < -0.3 is 72.2 Å². The van der Waals surface area contributed by atoms with Crippen molar-refractivity contribution in [2.75, 3.05) is 6.61 Å². The van der Waals surface area contributed by atoms with Gasteiger partial charge in [0.1, 0.15) is 0 Å². The van der Waals surface area contributed by atoms with Crippen molar-refractivity contribution in [3.63, 3.8) is 0 Å². The van der Waals surface area contributed by atoms with E-state index in [1.54, 1.807) is 0 Å². The number of hydrogen-bond acceptors (Lipinski definition) is 11. The molecule has 0 aromatic carbocycles. The molecule has 174 valence electrons. The van der Waals surface area contributed by atoms with Gasteiger partial charge in [0.25, 0.3) is 0 Å². The first-order valence-electron chi connectivity index (χ1n) is 8.63. The molecule has 0 bridgehead atoms. The van der Waals surface area contributed by atoms with Crippen LogP contribution in [0, 0.1) is 0 Å². The molecule has 0 spiro atoms. The summed E-state index contributed by atoms with van der Waals surface area (Å²) in [6.45, 7) is 17.6. The molecule has 2 radical (unpaired) electrons. The molecule has 0 N–H and O–H groups in total. The van der Waals surface area contributed by atoms with Crippen LogP contribution in [0.3, 0.4) is 0 Å². The van der Waals surface area contributed by atoms with Crippen molar-refractivity contribution < 1.29 is 22.8 Å². The summed E-state index contributed by atoms with van der Waals surface area (Å²) in [4.78, 5) is 0. The van der Waals surface area contributed by atoms with E-state index in [1.165, 1.54) is 0 Å². The van der Waals surface area contributed by atoms with E-state index in [-0.39, 0.29) is 53.2 Å². The fourth-order valence-corrected chi connectivity index (χ4v) is 7.73. The van der Waals surface area contributed by atoms with Crippen LogP contribution in [0.2, 0.25) is 0 Å². The Morgan fingerprint density at radius 2 is 0.931 bits per heavy atom. The summed E-state index contributed by atoms with van der Waals surface area (Å²) >= 11 is 28.7. The van der Waals surface area contributed by atoms with Gasteiger partial charge in [0, 0.05) is 4.38 Å². The van der Waals surface area contributed by atoms with E-state index in [1.807, 2.05) is 62.3 Å². The Labute approximate surface area is 227 Å². The Morgan fingerprint density at radius 1 is 0.724 bits per heavy atom. The van der Waals surface area contributed by atoms with Gasteiger partial charge in [-0.3, -0.25) is 0 Å². The van der Waals surface area contributed by atoms with E-state index in [0.29, 0.717) is 6.61 Å². The van der Waals surface area contributed by atoms with Crippen LogP contribution in [0.15, 0.2) is 0 Å². The minimum Gasteiger partial charge on any atom is -0.691 e. The zero-order valence-electron chi connectivity index (χ0n) is 18.3. The fraction of sp³-hybridized carbons (Fsp3) is 0.933. The molecule has 5 nitrogen and oxygen atoms in total. The van der Waals surface area contributed by atoms with Crippen LogP contribution in [0.4, 0.5) is 0 Å². The normalized spacial score (nSPS) is 11.4. The van der Waals surface area contributed by atoms with Crippen LogP contribution < -0.4 is 0 Å². The van der Waals surface area contributed by atoms with E-state index < -0.39 is 11.4 Å². The van der Waals surface area contributed by atoms with Crippen LogP contribution >= 0.6 is 23.6 Å². The van der Waals surface area contributed by atoms with Crippen LogP contribution in [0.25, 0.3) is 0 Å². The molecule has 0 unspecified atom stereocenters.